The molecule has 180 valence electrons. The van der Waals surface area contributed by atoms with Crippen molar-refractivity contribution in [3.63, 3.8) is 0 Å². The summed E-state index contributed by atoms with van der Waals surface area (Å²) in [6, 6.07) is 16.1. The zero-order valence-electron chi connectivity index (χ0n) is 20.6. The van der Waals surface area contributed by atoms with E-state index in [4.69, 9.17) is 14.5 Å². The van der Waals surface area contributed by atoms with Gasteiger partial charge in [-0.3, -0.25) is 4.79 Å². The predicted molar refractivity (Wildman–Crippen MR) is 139 cm³/mol. The summed E-state index contributed by atoms with van der Waals surface area (Å²) in [5, 5.41) is 14.9. The Morgan fingerprint density at radius 3 is 2.60 bits per heavy atom. The van der Waals surface area contributed by atoms with Crippen molar-refractivity contribution in [2.45, 2.75) is 33.6 Å². The van der Waals surface area contributed by atoms with Crippen molar-refractivity contribution in [3.05, 3.63) is 81.6 Å². The number of aromatic nitrogens is 2. The smallest absolute Gasteiger partial charge is 0.282 e. The molecular formula is C28H29N3O4. The number of fused-ring (bicyclic) bond motifs is 1. The third-order valence-electron chi connectivity index (χ3n) is 5.80. The number of ether oxygens (including phenoxy) is 2. The van der Waals surface area contributed by atoms with E-state index in [0.717, 1.165) is 22.4 Å². The minimum absolute atomic E-state index is 0.0288. The number of aryl methyl sites for hydroxylation is 1. The lowest BCUT2D eigenvalue weighted by Gasteiger charge is -2.18. The summed E-state index contributed by atoms with van der Waals surface area (Å²) >= 11 is 0. The Balaban J connectivity index is 1.96. The number of nitrogens with zero attached hydrogens (tertiary/aromatic N) is 3. The molecule has 4 rings (SSSR count). The quantitative estimate of drug-likeness (QED) is 0.360. The van der Waals surface area contributed by atoms with Crippen LogP contribution in [0.3, 0.4) is 0 Å². The number of rotatable bonds is 7. The molecule has 3 aromatic carbocycles. The summed E-state index contributed by atoms with van der Waals surface area (Å²) in [6.07, 6.45) is 1.55. The molecule has 0 amide bonds. The van der Waals surface area contributed by atoms with Crippen LogP contribution in [0.5, 0.6) is 17.2 Å². The van der Waals surface area contributed by atoms with Crippen LogP contribution in [-0.4, -0.2) is 34.7 Å². The maximum absolute atomic E-state index is 13.5. The summed E-state index contributed by atoms with van der Waals surface area (Å²) in [4.78, 5) is 18.4. The molecule has 0 bridgehead atoms. The zero-order valence-corrected chi connectivity index (χ0v) is 20.6. The number of benzene rings is 3. The van der Waals surface area contributed by atoms with Crippen molar-refractivity contribution in [2.75, 3.05) is 13.7 Å². The van der Waals surface area contributed by atoms with Gasteiger partial charge in [-0.1, -0.05) is 26.0 Å². The minimum Gasteiger partial charge on any atom is -0.504 e. The van der Waals surface area contributed by atoms with Gasteiger partial charge in [-0.2, -0.15) is 9.78 Å². The molecule has 0 spiro atoms. The second-order valence-electron chi connectivity index (χ2n) is 8.54. The Hall–Kier alpha value is -4.13. The Bertz CT molecular complexity index is 1470. The van der Waals surface area contributed by atoms with Crippen LogP contribution in [0.25, 0.3) is 22.3 Å². The van der Waals surface area contributed by atoms with Crippen LogP contribution in [0.1, 0.15) is 43.4 Å². The average Bonchev–Trinajstić information content (AvgIpc) is 2.84. The molecule has 7 heteroatoms. The molecule has 0 aliphatic heterocycles. The molecule has 0 atom stereocenters. The minimum atomic E-state index is -0.271. The monoisotopic (exact) mass is 471 g/mol. The topological polar surface area (TPSA) is 85.9 Å². The molecular weight excluding hydrogens is 442 g/mol. The van der Waals surface area contributed by atoms with Gasteiger partial charge in [-0.05, 0) is 78.9 Å². The molecule has 7 nitrogen and oxygen atoms in total. The van der Waals surface area contributed by atoms with Crippen molar-refractivity contribution >= 4 is 17.1 Å². The molecule has 0 radical (unpaired) electrons. The van der Waals surface area contributed by atoms with Crippen molar-refractivity contribution in [2.24, 2.45) is 5.10 Å². The van der Waals surface area contributed by atoms with Gasteiger partial charge in [-0.15, -0.1) is 0 Å². The molecule has 0 saturated heterocycles. The van der Waals surface area contributed by atoms with Crippen molar-refractivity contribution in [1.29, 1.82) is 0 Å². The summed E-state index contributed by atoms with van der Waals surface area (Å²) < 4.78 is 12.4. The SMILES string of the molecule is CCOc1cc(C)c(-c2nc3ccccc3c(=O)n2N=Cc2ccc(O)c(OC)c2)cc1C(C)C. The Morgan fingerprint density at radius 2 is 1.89 bits per heavy atom. The molecule has 0 unspecified atom stereocenters. The van der Waals surface area contributed by atoms with Crippen LogP contribution in [0.4, 0.5) is 0 Å². The maximum atomic E-state index is 13.5. The van der Waals surface area contributed by atoms with Crippen LogP contribution < -0.4 is 15.0 Å². The highest BCUT2D eigenvalue weighted by atomic mass is 16.5. The zero-order chi connectivity index (χ0) is 25.1. The molecule has 35 heavy (non-hydrogen) atoms. The van der Waals surface area contributed by atoms with Crippen LogP contribution >= 0.6 is 0 Å². The third-order valence-corrected chi connectivity index (χ3v) is 5.80. The lowest BCUT2D eigenvalue weighted by atomic mass is 9.96. The molecule has 4 aromatic rings. The second kappa shape index (κ2) is 10.0. The predicted octanol–water partition coefficient (Wildman–Crippen LogP) is 5.49. The molecule has 0 aliphatic carbocycles. The molecule has 0 fully saturated rings. The Labute approximate surface area is 204 Å². The Morgan fingerprint density at radius 1 is 1.11 bits per heavy atom. The van der Waals surface area contributed by atoms with E-state index < -0.39 is 0 Å². The van der Waals surface area contributed by atoms with Crippen molar-refractivity contribution in [1.82, 2.24) is 9.66 Å². The van der Waals surface area contributed by atoms with Gasteiger partial charge in [0, 0.05) is 5.56 Å². The summed E-state index contributed by atoms with van der Waals surface area (Å²) in [6.45, 7) is 8.71. The van der Waals surface area contributed by atoms with Crippen LogP contribution in [0.2, 0.25) is 0 Å². The normalized spacial score (nSPS) is 11.5. The van der Waals surface area contributed by atoms with Crippen LogP contribution in [-0.2, 0) is 0 Å². The number of aromatic hydroxyl groups is 1. The van der Waals surface area contributed by atoms with Crippen molar-refractivity contribution < 1.29 is 14.6 Å². The highest BCUT2D eigenvalue weighted by Gasteiger charge is 2.18. The van der Waals surface area contributed by atoms with Gasteiger partial charge in [0.25, 0.3) is 5.56 Å². The first-order chi connectivity index (χ1) is 16.8. The highest BCUT2D eigenvalue weighted by molar-refractivity contribution is 5.83. The first kappa shape index (κ1) is 24.0. The number of methoxy groups -OCH3 is 1. The largest absolute Gasteiger partial charge is 0.504 e. The first-order valence-electron chi connectivity index (χ1n) is 11.5. The van der Waals surface area contributed by atoms with E-state index in [0.29, 0.717) is 34.6 Å². The summed E-state index contributed by atoms with van der Waals surface area (Å²) in [5.41, 5.74) is 3.76. The number of phenolic OH excluding ortho intramolecular Hbond substituents is 1. The lowest BCUT2D eigenvalue weighted by Crippen LogP contribution is -2.20. The maximum Gasteiger partial charge on any atom is 0.282 e. The second-order valence-corrected chi connectivity index (χ2v) is 8.54. The van der Waals surface area contributed by atoms with E-state index in [9.17, 15) is 9.90 Å². The fourth-order valence-corrected chi connectivity index (χ4v) is 3.97. The van der Waals surface area contributed by atoms with E-state index in [1.807, 2.05) is 44.2 Å². The third kappa shape index (κ3) is 4.75. The lowest BCUT2D eigenvalue weighted by molar-refractivity contribution is 0.335. The number of hydrogen-bond acceptors (Lipinski definition) is 6. The summed E-state index contributed by atoms with van der Waals surface area (Å²) in [7, 11) is 1.48. The number of phenols is 1. The average molecular weight is 472 g/mol. The molecule has 1 heterocycles. The van der Waals surface area contributed by atoms with Crippen LogP contribution in [0, 0.1) is 6.92 Å². The van der Waals surface area contributed by atoms with E-state index in [1.54, 1.807) is 24.4 Å². The van der Waals surface area contributed by atoms with Gasteiger partial charge >= 0.3 is 0 Å². The standard InChI is InChI=1S/C28H29N3O4/c1-6-35-25-13-18(4)22(15-21(25)17(2)3)27-30-23-10-8-7-9-20(23)28(33)31(27)29-16-19-11-12-24(32)26(14-19)34-5/h7-17,32H,6H2,1-5H3. The van der Waals surface area contributed by atoms with Gasteiger partial charge in [0.15, 0.2) is 17.3 Å². The highest BCUT2D eigenvalue weighted by Crippen LogP contribution is 2.34. The Kier molecular flexibility index (Phi) is 6.87. The van der Waals surface area contributed by atoms with E-state index in [2.05, 4.69) is 18.9 Å². The number of para-hydroxylation sites is 1. The first-order valence-corrected chi connectivity index (χ1v) is 11.5. The van der Waals surface area contributed by atoms with Gasteiger partial charge in [0.1, 0.15) is 5.75 Å². The van der Waals surface area contributed by atoms with Gasteiger partial charge in [-0.25, -0.2) is 4.98 Å². The van der Waals surface area contributed by atoms with E-state index >= 15 is 0 Å². The molecule has 0 saturated carbocycles. The molecule has 1 aromatic heterocycles. The van der Waals surface area contributed by atoms with Gasteiger partial charge in [0.05, 0.1) is 30.8 Å². The van der Waals surface area contributed by atoms with E-state index in [-0.39, 0.29) is 17.2 Å². The van der Waals surface area contributed by atoms with Crippen LogP contribution in [0.15, 0.2) is 64.5 Å². The van der Waals surface area contributed by atoms with E-state index in [1.165, 1.54) is 17.9 Å². The van der Waals surface area contributed by atoms with Gasteiger partial charge in [0.2, 0.25) is 0 Å². The summed E-state index contributed by atoms with van der Waals surface area (Å²) in [5.74, 6) is 1.84. The molecule has 0 aliphatic rings. The molecule has 1 N–H and O–H groups in total. The van der Waals surface area contributed by atoms with Crippen molar-refractivity contribution in [3.8, 4) is 28.6 Å². The number of hydrogen-bond donors (Lipinski definition) is 1. The fourth-order valence-electron chi connectivity index (χ4n) is 3.97. The van der Waals surface area contributed by atoms with Gasteiger partial charge < -0.3 is 14.6 Å². The fraction of sp³-hybridized carbons (Fsp3) is 0.250.